The molecule has 0 fully saturated rings. The van der Waals surface area contributed by atoms with Gasteiger partial charge < -0.3 is 17.0 Å². The van der Waals surface area contributed by atoms with Crippen molar-refractivity contribution in [2.45, 2.75) is 78.1 Å². The van der Waals surface area contributed by atoms with Crippen LogP contribution < -0.4 is 12.3 Å². The van der Waals surface area contributed by atoms with E-state index in [0.717, 1.165) is 6.42 Å². The predicted molar refractivity (Wildman–Crippen MR) is 92.7 cm³/mol. The van der Waals surface area contributed by atoms with E-state index >= 15 is 0 Å². The first-order valence-electron chi connectivity index (χ1n) is 7.66. The fraction of sp³-hybridized carbons (Fsp3) is 0.929. The van der Waals surface area contributed by atoms with E-state index in [4.69, 9.17) is 22.3 Å². The maximum absolute atomic E-state index is 11.0. The van der Waals surface area contributed by atoms with Gasteiger partial charge in [-0.25, -0.2) is 0 Å². The minimum atomic E-state index is -4.67. The van der Waals surface area contributed by atoms with Gasteiger partial charge in [-0.1, -0.05) is 58.3 Å². The molecule has 0 saturated heterocycles. The van der Waals surface area contributed by atoms with Gasteiger partial charge in [0.05, 0.1) is 6.61 Å². The predicted octanol–water partition coefficient (Wildman–Crippen LogP) is 4.14. The van der Waals surface area contributed by atoms with Crippen LogP contribution in [-0.4, -0.2) is 30.1 Å². The second-order valence-corrected chi connectivity index (χ2v) is 5.73. The van der Waals surface area contributed by atoms with E-state index < -0.39 is 10.4 Å². The Hall–Kier alpha value is -0.740. The Labute approximate surface area is 141 Å². The lowest BCUT2D eigenvalue weighted by Crippen LogP contribution is -2.03. The second kappa shape index (κ2) is 21.3. The zero-order valence-corrected chi connectivity index (χ0v) is 15.4. The van der Waals surface area contributed by atoms with Gasteiger partial charge in [0.15, 0.2) is 0 Å². The highest BCUT2D eigenvalue weighted by molar-refractivity contribution is 7.79. The summed E-state index contributed by atoms with van der Waals surface area (Å²) in [5, 5.41) is 0. The quantitative estimate of drug-likeness (QED) is 0.242. The molecule has 0 aliphatic heterocycles. The van der Waals surface area contributed by atoms with Crippen LogP contribution in [0.15, 0.2) is 0 Å². The molecule has 0 aromatic heterocycles. The van der Waals surface area contributed by atoms with Crippen LogP contribution in [0.2, 0.25) is 0 Å². The molecule has 0 rings (SSSR count). The average Bonchev–Trinajstić information content (AvgIpc) is 2.35. The standard InChI is InChI=1S/C14H28O2.2H3N.H2O4S/c1-3-5-6-7-8-9-10-11-12-13-14(15)16-4-2;;;1-5(2,3)4/h3-13H2,1-2H3;2*1H3;(H2,1,2,3,4). The van der Waals surface area contributed by atoms with Gasteiger partial charge in [-0.2, -0.15) is 8.42 Å². The lowest BCUT2D eigenvalue weighted by molar-refractivity contribution is -0.143. The van der Waals surface area contributed by atoms with Gasteiger partial charge in [0, 0.05) is 6.42 Å². The fourth-order valence-electron chi connectivity index (χ4n) is 1.81. The summed E-state index contributed by atoms with van der Waals surface area (Å²) in [6.07, 6.45) is 12.2. The molecule has 8 N–H and O–H groups in total. The van der Waals surface area contributed by atoms with Crippen molar-refractivity contribution in [1.29, 1.82) is 0 Å². The Morgan fingerprint density at radius 3 is 1.52 bits per heavy atom. The van der Waals surface area contributed by atoms with Crippen LogP contribution in [0.1, 0.15) is 78.1 Å². The van der Waals surface area contributed by atoms with Gasteiger partial charge in [0.1, 0.15) is 0 Å². The average molecular weight is 361 g/mol. The monoisotopic (exact) mass is 360 g/mol. The summed E-state index contributed by atoms with van der Waals surface area (Å²) in [7, 11) is -4.67. The molecule has 0 aromatic carbocycles. The molecule has 0 saturated carbocycles. The van der Waals surface area contributed by atoms with E-state index in [0.29, 0.717) is 13.0 Å². The summed E-state index contributed by atoms with van der Waals surface area (Å²) in [4.78, 5) is 11.0. The maximum Gasteiger partial charge on any atom is 0.394 e. The number of hydrogen-bond acceptors (Lipinski definition) is 6. The summed E-state index contributed by atoms with van der Waals surface area (Å²) in [5.74, 6) is -0.0366. The van der Waals surface area contributed by atoms with Crippen molar-refractivity contribution >= 4 is 16.4 Å². The van der Waals surface area contributed by atoms with E-state index in [1.165, 1.54) is 51.4 Å². The fourth-order valence-corrected chi connectivity index (χ4v) is 1.81. The molecule has 0 bridgehead atoms. The zero-order chi connectivity index (χ0) is 16.6. The second-order valence-electron chi connectivity index (χ2n) is 4.83. The van der Waals surface area contributed by atoms with Gasteiger partial charge in [-0.15, -0.1) is 0 Å². The molecule has 0 amide bonds. The molecule has 0 heterocycles. The van der Waals surface area contributed by atoms with Crippen LogP contribution in [0, 0.1) is 0 Å². The minimum absolute atomic E-state index is 0. The normalized spacial score (nSPS) is 9.74. The van der Waals surface area contributed by atoms with Crippen LogP contribution in [0.4, 0.5) is 0 Å². The molecule has 0 radical (unpaired) electrons. The topological polar surface area (TPSA) is 171 Å². The number of unbranched alkanes of at least 4 members (excludes halogenated alkanes) is 8. The number of ether oxygens (including phenoxy) is 1. The SMILES string of the molecule is CCCCCCCCCCCC(=O)OCC.N.N.O=S(=O)(O)O. The van der Waals surface area contributed by atoms with E-state index in [9.17, 15) is 4.79 Å². The molecule has 9 heteroatoms. The summed E-state index contributed by atoms with van der Waals surface area (Å²) in [5.41, 5.74) is 0. The first kappa shape index (κ1) is 30.2. The van der Waals surface area contributed by atoms with Crippen LogP contribution in [-0.2, 0) is 19.9 Å². The first-order valence-corrected chi connectivity index (χ1v) is 9.06. The van der Waals surface area contributed by atoms with Crippen molar-refractivity contribution in [3.63, 3.8) is 0 Å². The van der Waals surface area contributed by atoms with Crippen LogP contribution in [0.3, 0.4) is 0 Å². The van der Waals surface area contributed by atoms with Gasteiger partial charge >= 0.3 is 16.4 Å². The largest absolute Gasteiger partial charge is 0.466 e. The molecule has 0 aliphatic carbocycles. The highest BCUT2D eigenvalue weighted by Gasteiger charge is 2.00. The third-order valence-electron chi connectivity index (χ3n) is 2.79. The Morgan fingerprint density at radius 2 is 1.17 bits per heavy atom. The summed E-state index contributed by atoms with van der Waals surface area (Å²) in [6.45, 7) is 4.61. The van der Waals surface area contributed by atoms with Crippen molar-refractivity contribution < 1.29 is 27.1 Å². The van der Waals surface area contributed by atoms with E-state index in [1.54, 1.807) is 0 Å². The number of rotatable bonds is 11. The van der Waals surface area contributed by atoms with Gasteiger partial charge in [-0.05, 0) is 13.3 Å². The Morgan fingerprint density at radius 1 is 0.826 bits per heavy atom. The van der Waals surface area contributed by atoms with E-state index in [-0.39, 0.29) is 18.3 Å². The van der Waals surface area contributed by atoms with E-state index in [1.807, 2.05) is 6.92 Å². The number of hydrogen-bond donors (Lipinski definition) is 4. The molecule has 0 aromatic rings. The van der Waals surface area contributed by atoms with Crippen molar-refractivity contribution in [3.8, 4) is 0 Å². The van der Waals surface area contributed by atoms with Gasteiger partial charge in [-0.3, -0.25) is 13.9 Å². The van der Waals surface area contributed by atoms with Gasteiger partial charge in [0.2, 0.25) is 0 Å². The molecule has 144 valence electrons. The molecule has 0 aliphatic rings. The number of esters is 1. The van der Waals surface area contributed by atoms with Crippen molar-refractivity contribution in [2.24, 2.45) is 0 Å². The lowest BCUT2D eigenvalue weighted by atomic mass is 10.1. The van der Waals surface area contributed by atoms with Crippen LogP contribution >= 0.6 is 0 Å². The number of carbonyl (C=O) groups excluding carboxylic acids is 1. The molecule has 23 heavy (non-hydrogen) atoms. The smallest absolute Gasteiger partial charge is 0.394 e. The highest BCUT2D eigenvalue weighted by atomic mass is 32.3. The molecule has 0 atom stereocenters. The summed E-state index contributed by atoms with van der Waals surface area (Å²) < 4.78 is 36.5. The van der Waals surface area contributed by atoms with Crippen molar-refractivity contribution in [1.82, 2.24) is 12.3 Å². The van der Waals surface area contributed by atoms with E-state index in [2.05, 4.69) is 6.92 Å². The van der Waals surface area contributed by atoms with Crippen LogP contribution in [0.5, 0.6) is 0 Å². The van der Waals surface area contributed by atoms with Crippen molar-refractivity contribution in [2.75, 3.05) is 6.61 Å². The van der Waals surface area contributed by atoms with Crippen LogP contribution in [0.25, 0.3) is 0 Å². The molecule has 8 nitrogen and oxygen atoms in total. The lowest BCUT2D eigenvalue weighted by Gasteiger charge is -2.02. The molecule has 0 unspecified atom stereocenters. The summed E-state index contributed by atoms with van der Waals surface area (Å²) >= 11 is 0. The number of carbonyl (C=O) groups is 1. The zero-order valence-electron chi connectivity index (χ0n) is 14.6. The Balaban J connectivity index is -0.000000225. The third-order valence-corrected chi connectivity index (χ3v) is 2.79. The molecule has 0 spiro atoms. The molecular weight excluding hydrogens is 324 g/mol. The third kappa shape index (κ3) is 44.9. The highest BCUT2D eigenvalue weighted by Crippen LogP contribution is 2.10. The Bertz CT molecular complexity index is 328. The Kier molecular flexibility index (Phi) is 27.9. The first-order chi connectivity index (χ1) is 9.81. The van der Waals surface area contributed by atoms with Crippen molar-refractivity contribution in [3.05, 3.63) is 0 Å². The minimum Gasteiger partial charge on any atom is -0.466 e. The summed E-state index contributed by atoms with van der Waals surface area (Å²) in [6, 6.07) is 0. The van der Waals surface area contributed by atoms with Gasteiger partial charge in [0.25, 0.3) is 0 Å². The maximum atomic E-state index is 11.0. The molecular formula is C14H36N2O6S.